The molecule has 2 heterocycles. The Morgan fingerprint density at radius 1 is 0.545 bits per heavy atom. The first-order chi connectivity index (χ1) is 27.0. The molecule has 33 heavy (non-hydrogen) atoms. The van der Waals surface area contributed by atoms with Crippen molar-refractivity contribution < 1.29 is 35.6 Å². The van der Waals surface area contributed by atoms with E-state index in [1.807, 2.05) is 0 Å². The number of nitrogens with zero attached hydrogens (tertiary/aromatic N) is 2. The lowest BCUT2D eigenvalue weighted by molar-refractivity contribution is 0.650. The fourth-order valence-electron chi connectivity index (χ4n) is 3.47. The van der Waals surface area contributed by atoms with Gasteiger partial charge in [0.15, 0.2) is 0 Å². The Hall–Kier alpha value is -4.04. The number of rotatable bonds is 4. The van der Waals surface area contributed by atoms with Gasteiger partial charge < -0.3 is 9.13 Å². The minimum Gasteiger partial charge on any atom is -0.316 e. The molecular weight excluding hydrogens is 400 g/mol. The van der Waals surface area contributed by atoms with Gasteiger partial charge in [-0.05, 0) is 47.4 Å². The van der Waals surface area contributed by atoms with Gasteiger partial charge in [-0.1, -0.05) is 86.2 Å². The van der Waals surface area contributed by atoms with Gasteiger partial charge in [0.25, 0.3) is 0 Å². The number of para-hydroxylation sites is 4. The maximum absolute atomic E-state index is 9.56. The van der Waals surface area contributed by atoms with Gasteiger partial charge in [0, 0.05) is 48.1 Å². The molecule has 4 aromatic carbocycles. The molecule has 0 aliphatic rings. The zero-order valence-corrected chi connectivity index (χ0v) is 16.4. The Morgan fingerprint density at radius 2 is 0.939 bits per heavy atom. The van der Waals surface area contributed by atoms with Gasteiger partial charge in [-0.2, -0.15) is 0 Å². The summed E-state index contributed by atoms with van der Waals surface area (Å²) in [5, 5.41) is -2.13. The van der Waals surface area contributed by atoms with E-state index in [1.54, 1.807) is 0 Å². The van der Waals surface area contributed by atoms with Gasteiger partial charge >= 0.3 is 0 Å². The van der Waals surface area contributed by atoms with Crippen molar-refractivity contribution in [2.75, 3.05) is 0 Å². The van der Waals surface area contributed by atoms with Gasteiger partial charge in [-0.3, -0.25) is 0 Å². The average molecular weight is 453 g/mol. The Bertz CT molecular complexity index is 2610. The van der Waals surface area contributed by atoms with Crippen molar-refractivity contribution >= 4 is 21.8 Å². The van der Waals surface area contributed by atoms with E-state index in [0.29, 0.717) is 9.13 Å². The first-order valence-corrected chi connectivity index (χ1v) is 9.34. The molecule has 160 valence electrons. The fraction of sp³-hybridized carbons (Fsp3) is 0.0968. The maximum atomic E-state index is 9.56. The first kappa shape index (κ1) is 6.30. The normalized spacial score (nSPS) is 23.9. The van der Waals surface area contributed by atoms with E-state index < -0.39 is 185 Å². The molecule has 0 bridgehead atoms. The zero-order valence-electron chi connectivity index (χ0n) is 42.4. The summed E-state index contributed by atoms with van der Waals surface area (Å²) < 4.78 is 228. The summed E-state index contributed by atoms with van der Waals surface area (Å²) in [5.41, 5.74) is -10.7. The molecule has 0 saturated carbocycles. The van der Waals surface area contributed by atoms with Crippen molar-refractivity contribution in [3.63, 3.8) is 0 Å². The van der Waals surface area contributed by atoms with Crippen LogP contribution >= 0.6 is 0 Å². The SMILES string of the molecule is [2H]c1c([2H])c([2H])c(-n2c([2H])c(C(c3c([2H])n(-c4c([2H])c([2H])c([2H])c([2H])c4[2H])c4c([2H])c([2H])c([2H])c([2H])c34)(C([2H])([2H])[2H])C([2H])([2H])[2H])c3c([2H])c([2H])c([2H])c([2H])c32)c([2H])c1[2H]. The molecule has 2 nitrogen and oxygen atoms in total. The first-order valence-electron chi connectivity index (χ1n) is 22.3. The molecule has 6 rings (SSSR count). The van der Waals surface area contributed by atoms with Gasteiger partial charge in [-0.15, -0.1) is 0 Å². The Morgan fingerprint density at radius 3 is 1.36 bits per heavy atom. The number of hydrogen-bond acceptors (Lipinski definition) is 0. The van der Waals surface area contributed by atoms with Crippen molar-refractivity contribution in [3.05, 3.63) is 132 Å². The maximum Gasteiger partial charge on any atom is 0.0826 e. The van der Waals surface area contributed by atoms with E-state index >= 15 is 0 Å². The van der Waals surface area contributed by atoms with Gasteiger partial charge in [0.05, 0.1) is 38.4 Å². The molecule has 0 aliphatic carbocycles. The average Bonchev–Trinajstić information content (AvgIpc) is 3.62. The van der Waals surface area contributed by atoms with Crippen LogP contribution in [0.5, 0.6) is 0 Å². The molecule has 2 aromatic heterocycles. The molecule has 0 saturated heterocycles. The standard InChI is InChI=1S/C31H26N2/c1-31(2,27-21-32(23-13-5-3-6-14-23)29-19-11-9-17-25(27)29)28-22-33(24-15-7-4-8-16-24)30-20-12-10-18-26(28)30/h3-22H,1-2H3/i1D3,2D3,3D,4D,5D,6D,7D,8D,9D,10D,11D,12D,13D,14D,15D,16D,17D,18D,19D,20D,21D,22D. The monoisotopic (exact) mass is 452 g/mol. The van der Waals surface area contributed by atoms with Crippen LogP contribution in [0.1, 0.15) is 60.5 Å². The van der Waals surface area contributed by atoms with Crippen molar-refractivity contribution in [3.8, 4) is 11.4 Å². The third-order valence-electron chi connectivity index (χ3n) is 4.90. The predicted molar refractivity (Wildman–Crippen MR) is 139 cm³/mol. The number of hydrogen-bond donors (Lipinski definition) is 0. The molecule has 0 unspecified atom stereocenters. The van der Waals surface area contributed by atoms with Crippen molar-refractivity contribution in [2.45, 2.75) is 19.1 Å². The molecule has 0 atom stereocenters. The summed E-state index contributed by atoms with van der Waals surface area (Å²) in [6.45, 7) is -8.34. The minimum atomic E-state index is -4.17. The third kappa shape index (κ3) is 3.10. The highest BCUT2D eigenvalue weighted by Crippen LogP contribution is 2.42. The van der Waals surface area contributed by atoms with Gasteiger partial charge in [-0.25, -0.2) is 0 Å². The minimum absolute atomic E-state index is 0.350. The second-order valence-electron chi connectivity index (χ2n) is 6.79. The molecule has 0 radical (unpaired) electrons. The van der Waals surface area contributed by atoms with E-state index in [2.05, 4.69) is 0 Å². The summed E-state index contributed by atoms with van der Waals surface area (Å²) in [6.07, 6.45) is -2.83. The predicted octanol–water partition coefficient (Wildman–Crippen LogP) is 7.90. The van der Waals surface area contributed by atoms with E-state index in [1.165, 1.54) is 0 Å². The largest absolute Gasteiger partial charge is 0.316 e. The Labute approximate surface area is 230 Å². The number of benzene rings is 4. The topological polar surface area (TPSA) is 9.86 Å². The molecular formula is C31H26N2. The molecule has 0 aliphatic heterocycles. The van der Waals surface area contributed by atoms with Crippen LogP contribution in [-0.2, 0) is 5.41 Å². The van der Waals surface area contributed by atoms with Crippen LogP contribution in [0.25, 0.3) is 33.2 Å². The fourth-order valence-corrected chi connectivity index (χ4v) is 3.47. The lowest BCUT2D eigenvalue weighted by atomic mass is 9.78. The smallest absolute Gasteiger partial charge is 0.0826 e. The number of fused-ring (bicyclic) bond motifs is 2. The van der Waals surface area contributed by atoms with Crippen LogP contribution in [0, 0.1) is 0 Å². The third-order valence-corrected chi connectivity index (χ3v) is 4.90. The number of aromatic nitrogens is 2. The van der Waals surface area contributed by atoms with E-state index in [4.69, 9.17) is 32.9 Å². The van der Waals surface area contributed by atoms with Crippen molar-refractivity contribution in [1.82, 2.24) is 9.13 Å². The van der Waals surface area contributed by atoms with Crippen LogP contribution in [0.2, 0.25) is 0 Å². The van der Waals surface area contributed by atoms with Crippen molar-refractivity contribution in [1.29, 1.82) is 0 Å². The Kier molecular flexibility index (Phi) is 1.44. The van der Waals surface area contributed by atoms with Crippen LogP contribution in [-0.4, -0.2) is 9.13 Å². The molecule has 0 N–H and O–H groups in total. The van der Waals surface area contributed by atoms with Crippen LogP contribution in [0.15, 0.2) is 121 Å². The lowest BCUT2D eigenvalue weighted by Crippen LogP contribution is -2.18. The van der Waals surface area contributed by atoms with Crippen LogP contribution < -0.4 is 0 Å². The summed E-state index contributed by atoms with van der Waals surface area (Å²) in [6, 6.07) is -19.3. The molecule has 0 amide bonds. The Balaban J connectivity index is 2.08. The van der Waals surface area contributed by atoms with Crippen molar-refractivity contribution in [2.24, 2.45) is 0 Å². The highest BCUT2D eigenvalue weighted by Gasteiger charge is 2.31. The van der Waals surface area contributed by atoms with Crippen LogP contribution in [0.4, 0.5) is 0 Å². The van der Waals surface area contributed by atoms with Gasteiger partial charge in [0.1, 0.15) is 0 Å². The highest BCUT2D eigenvalue weighted by atomic mass is 15.0. The highest BCUT2D eigenvalue weighted by molar-refractivity contribution is 5.91. The summed E-state index contributed by atoms with van der Waals surface area (Å²) >= 11 is 0. The molecule has 0 fully saturated rings. The molecule has 0 spiro atoms. The second kappa shape index (κ2) is 7.53. The molecule has 6 aromatic rings. The quantitative estimate of drug-likeness (QED) is 0.257. The lowest BCUT2D eigenvalue weighted by Gasteiger charge is -2.24. The zero-order chi connectivity index (χ0) is 44.8. The molecule has 2 heteroatoms. The summed E-state index contributed by atoms with van der Waals surface area (Å²) in [4.78, 5) is 0. The summed E-state index contributed by atoms with van der Waals surface area (Å²) in [7, 11) is 0. The van der Waals surface area contributed by atoms with E-state index in [0.717, 1.165) is 0 Å². The second-order valence-corrected chi connectivity index (χ2v) is 6.79. The summed E-state index contributed by atoms with van der Waals surface area (Å²) in [5.74, 6) is 0. The van der Waals surface area contributed by atoms with Gasteiger partial charge in [0.2, 0.25) is 0 Å². The van der Waals surface area contributed by atoms with E-state index in [-0.39, 0.29) is 0 Å². The van der Waals surface area contributed by atoms with E-state index in [9.17, 15) is 2.74 Å². The van der Waals surface area contributed by atoms with Crippen LogP contribution in [0.3, 0.4) is 0 Å².